The zero-order chi connectivity index (χ0) is 22.6. The summed E-state index contributed by atoms with van der Waals surface area (Å²) in [5, 5.41) is 15.2. The van der Waals surface area contributed by atoms with Gasteiger partial charge in [0.2, 0.25) is 0 Å². The summed E-state index contributed by atoms with van der Waals surface area (Å²) in [6, 6.07) is 19.5. The van der Waals surface area contributed by atoms with Crippen molar-refractivity contribution in [2.24, 2.45) is 0 Å². The Morgan fingerprint density at radius 2 is 1.42 bits per heavy atom. The molecule has 0 atom stereocenters. The minimum atomic E-state index is -0.233. The van der Waals surface area contributed by atoms with E-state index in [0.29, 0.717) is 23.4 Å². The lowest BCUT2D eigenvalue weighted by atomic mass is 9.87. The predicted molar refractivity (Wildman–Crippen MR) is 124 cm³/mol. The van der Waals surface area contributed by atoms with E-state index in [2.05, 4.69) is 31.4 Å². The van der Waals surface area contributed by atoms with Gasteiger partial charge in [0.25, 0.3) is 11.8 Å². The van der Waals surface area contributed by atoms with E-state index in [1.54, 1.807) is 24.3 Å². The molecular weight excluding hydrogens is 388 g/mol. The predicted octanol–water partition coefficient (Wildman–Crippen LogP) is 5.18. The number of aryl methyl sites for hydroxylation is 1. The fourth-order valence-electron chi connectivity index (χ4n) is 3.16. The number of hydrogen-bond acceptors (Lipinski definition) is 3. The van der Waals surface area contributed by atoms with Crippen molar-refractivity contribution in [2.75, 3.05) is 5.32 Å². The highest BCUT2D eigenvalue weighted by Crippen LogP contribution is 2.22. The number of anilines is 1. The molecule has 0 heterocycles. The Hall–Kier alpha value is -3.60. The maximum absolute atomic E-state index is 12.5. The molecule has 2 amide bonds. The summed E-state index contributed by atoms with van der Waals surface area (Å²) in [6.45, 7) is 8.60. The second-order valence-corrected chi connectivity index (χ2v) is 8.66. The Bertz CT molecular complexity index is 1080. The van der Waals surface area contributed by atoms with Gasteiger partial charge in [-0.05, 0) is 71.5 Å². The van der Waals surface area contributed by atoms with Gasteiger partial charge in [-0.3, -0.25) is 9.59 Å². The van der Waals surface area contributed by atoms with Gasteiger partial charge in [0.1, 0.15) is 5.75 Å². The summed E-state index contributed by atoms with van der Waals surface area (Å²) in [5.74, 6) is -0.208. The number of aromatic hydroxyl groups is 1. The zero-order valence-corrected chi connectivity index (χ0v) is 18.3. The largest absolute Gasteiger partial charge is 0.508 e. The molecule has 0 unspecified atom stereocenters. The highest BCUT2D eigenvalue weighted by atomic mass is 16.3. The van der Waals surface area contributed by atoms with E-state index >= 15 is 0 Å². The van der Waals surface area contributed by atoms with Crippen molar-refractivity contribution < 1.29 is 14.7 Å². The van der Waals surface area contributed by atoms with Crippen LogP contribution in [-0.2, 0) is 12.0 Å². The van der Waals surface area contributed by atoms with Crippen LogP contribution < -0.4 is 10.6 Å². The average molecular weight is 417 g/mol. The first-order chi connectivity index (χ1) is 14.6. The maximum Gasteiger partial charge on any atom is 0.255 e. The van der Waals surface area contributed by atoms with Gasteiger partial charge in [0, 0.05) is 23.4 Å². The highest BCUT2D eigenvalue weighted by Gasteiger charge is 2.14. The Labute approximate surface area is 183 Å². The Kier molecular flexibility index (Phi) is 6.44. The lowest BCUT2D eigenvalue weighted by molar-refractivity contribution is 0.0949. The summed E-state index contributed by atoms with van der Waals surface area (Å²) >= 11 is 0. The van der Waals surface area contributed by atoms with Crippen molar-refractivity contribution in [1.29, 1.82) is 0 Å². The highest BCUT2D eigenvalue weighted by molar-refractivity contribution is 6.04. The summed E-state index contributed by atoms with van der Waals surface area (Å²) < 4.78 is 0. The number of carbonyl (C=O) groups excluding carboxylic acids is 2. The van der Waals surface area contributed by atoms with Gasteiger partial charge in [0.15, 0.2) is 0 Å². The van der Waals surface area contributed by atoms with Crippen molar-refractivity contribution in [2.45, 2.75) is 39.7 Å². The zero-order valence-electron chi connectivity index (χ0n) is 18.3. The van der Waals surface area contributed by atoms with Crippen LogP contribution >= 0.6 is 0 Å². The SMILES string of the molecule is Cc1cc(O)ccc1NC(=O)c1ccc(CNC(=O)c2ccc(C(C)(C)C)cc2)cc1. The van der Waals surface area contributed by atoms with Crippen molar-refractivity contribution in [3.05, 3.63) is 94.5 Å². The molecule has 0 saturated carbocycles. The molecule has 3 N–H and O–H groups in total. The number of hydrogen-bond donors (Lipinski definition) is 3. The Balaban J connectivity index is 1.57. The topological polar surface area (TPSA) is 78.4 Å². The molecule has 0 bridgehead atoms. The van der Waals surface area contributed by atoms with Gasteiger partial charge in [-0.15, -0.1) is 0 Å². The summed E-state index contributed by atoms with van der Waals surface area (Å²) in [7, 11) is 0. The van der Waals surface area contributed by atoms with E-state index in [0.717, 1.165) is 11.1 Å². The van der Waals surface area contributed by atoms with E-state index in [1.807, 2.05) is 43.3 Å². The summed E-state index contributed by atoms with van der Waals surface area (Å²) in [6.07, 6.45) is 0. The molecule has 0 spiro atoms. The second-order valence-electron chi connectivity index (χ2n) is 8.66. The van der Waals surface area contributed by atoms with Crippen molar-refractivity contribution in [3.8, 4) is 5.75 Å². The van der Waals surface area contributed by atoms with Crippen molar-refractivity contribution >= 4 is 17.5 Å². The number of amides is 2. The van der Waals surface area contributed by atoms with E-state index in [-0.39, 0.29) is 23.0 Å². The molecule has 0 radical (unpaired) electrons. The van der Waals surface area contributed by atoms with Gasteiger partial charge >= 0.3 is 0 Å². The van der Waals surface area contributed by atoms with Gasteiger partial charge in [-0.2, -0.15) is 0 Å². The molecule has 160 valence electrons. The van der Waals surface area contributed by atoms with Crippen LogP contribution in [0, 0.1) is 6.92 Å². The van der Waals surface area contributed by atoms with Crippen LogP contribution in [0.2, 0.25) is 0 Å². The third kappa shape index (κ3) is 5.72. The van der Waals surface area contributed by atoms with Gasteiger partial charge < -0.3 is 15.7 Å². The van der Waals surface area contributed by atoms with E-state index in [1.165, 1.54) is 11.6 Å². The van der Waals surface area contributed by atoms with Crippen LogP contribution in [0.4, 0.5) is 5.69 Å². The maximum atomic E-state index is 12.5. The monoisotopic (exact) mass is 416 g/mol. The molecule has 3 aromatic carbocycles. The molecule has 0 aliphatic rings. The van der Waals surface area contributed by atoms with E-state index in [9.17, 15) is 14.7 Å². The fourth-order valence-corrected chi connectivity index (χ4v) is 3.16. The number of phenols is 1. The van der Waals surface area contributed by atoms with Crippen LogP contribution in [0.5, 0.6) is 5.75 Å². The van der Waals surface area contributed by atoms with Crippen LogP contribution in [-0.4, -0.2) is 16.9 Å². The quantitative estimate of drug-likeness (QED) is 0.502. The molecule has 0 aliphatic carbocycles. The van der Waals surface area contributed by atoms with Crippen LogP contribution in [0.25, 0.3) is 0 Å². The standard InChI is InChI=1S/C26H28N2O3/c1-17-15-22(29)13-14-23(17)28-25(31)20-7-5-18(6-8-20)16-27-24(30)19-9-11-21(12-10-19)26(2,3)4/h5-15,29H,16H2,1-4H3,(H,27,30)(H,28,31). The first-order valence-electron chi connectivity index (χ1n) is 10.2. The molecule has 31 heavy (non-hydrogen) atoms. The number of phenolic OH excluding ortho intramolecular Hbond substituents is 1. The van der Waals surface area contributed by atoms with Crippen LogP contribution in [0.3, 0.4) is 0 Å². The third-order valence-electron chi connectivity index (χ3n) is 5.14. The van der Waals surface area contributed by atoms with Crippen molar-refractivity contribution in [1.82, 2.24) is 5.32 Å². The molecule has 0 saturated heterocycles. The fraction of sp³-hybridized carbons (Fsp3) is 0.231. The number of rotatable bonds is 5. The molecule has 3 aromatic rings. The van der Waals surface area contributed by atoms with Gasteiger partial charge in [-0.1, -0.05) is 45.0 Å². The Morgan fingerprint density at radius 1 is 0.839 bits per heavy atom. The number of benzene rings is 3. The number of carbonyl (C=O) groups is 2. The Morgan fingerprint density at radius 3 is 2.00 bits per heavy atom. The van der Waals surface area contributed by atoms with Crippen LogP contribution in [0.15, 0.2) is 66.7 Å². The third-order valence-corrected chi connectivity index (χ3v) is 5.14. The van der Waals surface area contributed by atoms with Gasteiger partial charge in [-0.25, -0.2) is 0 Å². The molecular formula is C26H28N2O3. The van der Waals surface area contributed by atoms with E-state index < -0.39 is 0 Å². The molecule has 0 aliphatic heterocycles. The lowest BCUT2D eigenvalue weighted by Crippen LogP contribution is -2.23. The van der Waals surface area contributed by atoms with Gasteiger partial charge in [0.05, 0.1) is 0 Å². The van der Waals surface area contributed by atoms with Crippen LogP contribution in [0.1, 0.15) is 58.2 Å². The normalized spacial score (nSPS) is 11.1. The first kappa shape index (κ1) is 22.1. The molecule has 3 rings (SSSR count). The average Bonchev–Trinajstić information content (AvgIpc) is 2.74. The summed E-state index contributed by atoms with van der Waals surface area (Å²) in [5.41, 5.74) is 4.69. The smallest absolute Gasteiger partial charge is 0.255 e. The molecule has 0 fully saturated rings. The lowest BCUT2D eigenvalue weighted by Gasteiger charge is -2.19. The van der Waals surface area contributed by atoms with Crippen molar-refractivity contribution in [3.63, 3.8) is 0 Å². The molecule has 5 heteroatoms. The minimum absolute atomic E-state index is 0.0457. The minimum Gasteiger partial charge on any atom is -0.508 e. The molecule has 5 nitrogen and oxygen atoms in total. The van der Waals surface area contributed by atoms with E-state index in [4.69, 9.17) is 0 Å². The second kappa shape index (κ2) is 9.04. The summed E-state index contributed by atoms with van der Waals surface area (Å²) in [4.78, 5) is 24.9. The molecule has 0 aromatic heterocycles. The first-order valence-corrected chi connectivity index (χ1v) is 10.2. The number of nitrogens with one attached hydrogen (secondary N) is 2.